The van der Waals surface area contributed by atoms with Crippen LogP contribution in [0.4, 0.5) is 5.69 Å². The van der Waals surface area contributed by atoms with Gasteiger partial charge in [0.05, 0.1) is 16.8 Å². The van der Waals surface area contributed by atoms with E-state index in [1.54, 1.807) is 0 Å². The Morgan fingerprint density at radius 1 is 1.26 bits per heavy atom. The Morgan fingerprint density at radius 2 is 1.96 bits per heavy atom. The number of benzene rings is 1. The van der Waals surface area contributed by atoms with Crippen molar-refractivity contribution >= 4 is 22.4 Å². The van der Waals surface area contributed by atoms with Crippen LogP contribution in [-0.2, 0) is 15.6 Å². The van der Waals surface area contributed by atoms with Gasteiger partial charge in [0.1, 0.15) is 0 Å². The number of rotatable bonds is 5. The molecule has 3 rings (SSSR count). The average molecular weight is 335 g/mol. The normalized spacial score (nSPS) is 24.5. The second-order valence-corrected chi connectivity index (χ2v) is 8.24. The molecule has 2 N–H and O–H groups in total. The highest BCUT2D eigenvalue weighted by Crippen LogP contribution is 2.35. The molecule has 2 aliphatic heterocycles. The fourth-order valence-corrected chi connectivity index (χ4v) is 4.49. The number of amides is 1. The van der Waals surface area contributed by atoms with Crippen molar-refractivity contribution < 1.29 is 9.00 Å². The predicted molar refractivity (Wildman–Crippen MR) is 92.9 cm³/mol. The molecule has 1 aromatic carbocycles. The fraction of sp³-hybridized carbons (Fsp3) is 0.588. The SMILES string of the molecule is CC(C)C(=O)N1CC2C[C@H]1CN2c1ccc(S(=O)CCN)cc1. The van der Waals surface area contributed by atoms with Gasteiger partial charge < -0.3 is 15.5 Å². The first-order valence-corrected chi connectivity index (χ1v) is 9.58. The number of fused-ring (bicyclic) bond motifs is 2. The molecule has 2 bridgehead atoms. The Morgan fingerprint density at radius 3 is 2.48 bits per heavy atom. The number of nitrogens with two attached hydrogens (primary N) is 1. The van der Waals surface area contributed by atoms with Crippen molar-refractivity contribution in [2.75, 3.05) is 30.3 Å². The quantitative estimate of drug-likeness (QED) is 0.878. The van der Waals surface area contributed by atoms with E-state index < -0.39 is 10.8 Å². The molecule has 23 heavy (non-hydrogen) atoms. The number of carbonyl (C=O) groups is 1. The standard InChI is InChI=1S/C17H25N3O2S/c1-12(2)17(21)20-11-14-9-15(20)10-19(14)13-3-5-16(6-4-13)23(22)8-7-18/h3-6,12,14-15H,7-11,18H2,1-2H3/t14?,15-,23?/m0/s1. The molecule has 2 heterocycles. The Bertz CT molecular complexity index is 602. The van der Waals surface area contributed by atoms with Crippen molar-refractivity contribution in [1.29, 1.82) is 0 Å². The Balaban J connectivity index is 1.67. The van der Waals surface area contributed by atoms with Gasteiger partial charge in [0.2, 0.25) is 5.91 Å². The molecule has 0 aromatic heterocycles. The summed E-state index contributed by atoms with van der Waals surface area (Å²) in [5, 5.41) is 0. The highest BCUT2D eigenvalue weighted by Gasteiger charge is 2.45. The molecule has 1 amide bonds. The van der Waals surface area contributed by atoms with Crippen molar-refractivity contribution in [2.45, 2.75) is 37.2 Å². The summed E-state index contributed by atoms with van der Waals surface area (Å²) in [6.45, 7) is 6.08. The van der Waals surface area contributed by atoms with E-state index in [0.29, 0.717) is 24.4 Å². The largest absolute Gasteiger partial charge is 0.365 e. The maximum absolute atomic E-state index is 12.2. The van der Waals surface area contributed by atoms with Crippen LogP contribution in [0.15, 0.2) is 29.2 Å². The van der Waals surface area contributed by atoms with E-state index in [4.69, 9.17) is 5.73 Å². The summed E-state index contributed by atoms with van der Waals surface area (Å²) in [5.41, 5.74) is 6.62. The predicted octanol–water partition coefficient (Wildman–Crippen LogP) is 1.20. The Labute approximate surface area is 140 Å². The van der Waals surface area contributed by atoms with Crippen molar-refractivity contribution in [3.63, 3.8) is 0 Å². The molecule has 3 atom stereocenters. The molecule has 0 radical (unpaired) electrons. The molecule has 0 aliphatic carbocycles. The molecule has 0 saturated carbocycles. The highest BCUT2D eigenvalue weighted by molar-refractivity contribution is 7.85. The van der Waals surface area contributed by atoms with Gasteiger partial charge in [-0.2, -0.15) is 0 Å². The van der Waals surface area contributed by atoms with E-state index in [2.05, 4.69) is 9.80 Å². The molecule has 5 nitrogen and oxygen atoms in total. The lowest BCUT2D eigenvalue weighted by molar-refractivity contribution is -0.135. The zero-order chi connectivity index (χ0) is 16.6. The van der Waals surface area contributed by atoms with Crippen LogP contribution in [0.5, 0.6) is 0 Å². The summed E-state index contributed by atoms with van der Waals surface area (Å²) in [5.74, 6) is 0.837. The molecular weight excluding hydrogens is 310 g/mol. The summed E-state index contributed by atoms with van der Waals surface area (Å²) in [6.07, 6.45) is 1.05. The molecule has 126 valence electrons. The van der Waals surface area contributed by atoms with Crippen LogP contribution in [0.2, 0.25) is 0 Å². The van der Waals surface area contributed by atoms with E-state index in [9.17, 15) is 9.00 Å². The van der Waals surface area contributed by atoms with Gasteiger partial charge in [-0.15, -0.1) is 0 Å². The third kappa shape index (κ3) is 3.15. The molecule has 1 aromatic rings. The zero-order valence-corrected chi connectivity index (χ0v) is 14.6. The smallest absolute Gasteiger partial charge is 0.225 e. The van der Waals surface area contributed by atoms with Crippen LogP contribution in [0.1, 0.15) is 20.3 Å². The van der Waals surface area contributed by atoms with Crippen LogP contribution in [0.3, 0.4) is 0 Å². The molecular formula is C17H25N3O2S. The molecule has 2 aliphatic rings. The number of hydrogen-bond acceptors (Lipinski definition) is 4. The van der Waals surface area contributed by atoms with Crippen LogP contribution in [-0.4, -0.2) is 52.5 Å². The van der Waals surface area contributed by atoms with Crippen LogP contribution >= 0.6 is 0 Å². The van der Waals surface area contributed by atoms with Gasteiger partial charge in [-0.05, 0) is 30.7 Å². The molecule has 2 fully saturated rings. The van der Waals surface area contributed by atoms with Gasteiger partial charge in [0.15, 0.2) is 0 Å². The lowest BCUT2D eigenvalue weighted by Crippen LogP contribution is -2.50. The summed E-state index contributed by atoms with van der Waals surface area (Å²) in [4.78, 5) is 17.5. The first-order chi connectivity index (χ1) is 11.0. The third-order valence-electron chi connectivity index (χ3n) is 4.75. The molecule has 2 saturated heterocycles. The third-order valence-corrected chi connectivity index (χ3v) is 6.16. The molecule has 6 heteroatoms. The number of anilines is 1. The first-order valence-electron chi connectivity index (χ1n) is 8.27. The van der Waals surface area contributed by atoms with E-state index in [1.165, 1.54) is 0 Å². The summed E-state index contributed by atoms with van der Waals surface area (Å²) in [7, 11) is -1.01. The van der Waals surface area contributed by atoms with Gasteiger partial charge in [-0.25, -0.2) is 0 Å². The van der Waals surface area contributed by atoms with Gasteiger partial charge >= 0.3 is 0 Å². The van der Waals surface area contributed by atoms with Crippen molar-refractivity contribution in [1.82, 2.24) is 4.90 Å². The van der Waals surface area contributed by atoms with Crippen LogP contribution in [0, 0.1) is 5.92 Å². The summed E-state index contributed by atoms with van der Waals surface area (Å²) >= 11 is 0. The van der Waals surface area contributed by atoms with Crippen LogP contribution < -0.4 is 10.6 Å². The van der Waals surface area contributed by atoms with Crippen molar-refractivity contribution in [3.05, 3.63) is 24.3 Å². The monoisotopic (exact) mass is 335 g/mol. The second-order valence-electron chi connectivity index (χ2n) is 6.67. The number of hydrogen-bond donors (Lipinski definition) is 1. The lowest BCUT2D eigenvalue weighted by Gasteiger charge is -2.36. The van der Waals surface area contributed by atoms with E-state index in [0.717, 1.165) is 30.1 Å². The van der Waals surface area contributed by atoms with E-state index in [1.807, 2.05) is 38.1 Å². The van der Waals surface area contributed by atoms with Gasteiger partial charge in [0.25, 0.3) is 0 Å². The number of nitrogens with zero attached hydrogens (tertiary/aromatic N) is 2. The zero-order valence-electron chi connectivity index (χ0n) is 13.8. The highest BCUT2D eigenvalue weighted by atomic mass is 32.2. The Kier molecular flexibility index (Phi) is 4.73. The second kappa shape index (κ2) is 6.61. The topological polar surface area (TPSA) is 66.6 Å². The van der Waals surface area contributed by atoms with Crippen molar-refractivity contribution in [3.8, 4) is 0 Å². The fourth-order valence-electron chi connectivity index (χ4n) is 3.60. The average Bonchev–Trinajstić information content (AvgIpc) is 3.14. The summed E-state index contributed by atoms with van der Waals surface area (Å²) < 4.78 is 12.0. The maximum Gasteiger partial charge on any atom is 0.225 e. The number of likely N-dealkylation sites (tertiary alicyclic amines) is 1. The Hall–Kier alpha value is -1.40. The van der Waals surface area contributed by atoms with Crippen molar-refractivity contribution in [2.24, 2.45) is 11.7 Å². The van der Waals surface area contributed by atoms with Gasteiger partial charge in [-0.3, -0.25) is 9.00 Å². The number of carbonyl (C=O) groups excluding carboxylic acids is 1. The van der Waals surface area contributed by atoms with Gasteiger partial charge in [0, 0.05) is 47.9 Å². The number of piperazine rings is 1. The van der Waals surface area contributed by atoms with E-state index in [-0.39, 0.29) is 11.8 Å². The van der Waals surface area contributed by atoms with Gasteiger partial charge in [-0.1, -0.05) is 13.8 Å². The minimum Gasteiger partial charge on any atom is -0.365 e. The molecule has 2 unspecified atom stereocenters. The minimum absolute atomic E-state index is 0.0691. The maximum atomic E-state index is 12.2. The van der Waals surface area contributed by atoms with E-state index >= 15 is 0 Å². The summed E-state index contributed by atoms with van der Waals surface area (Å²) in [6, 6.07) is 8.69. The first kappa shape index (κ1) is 16.5. The minimum atomic E-state index is -1.01. The lowest BCUT2D eigenvalue weighted by atomic mass is 10.1. The molecule has 0 spiro atoms. The van der Waals surface area contributed by atoms with Crippen LogP contribution in [0.25, 0.3) is 0 Å².